The minimum atomic E-state index is -0.928. The molecule has 0 unspecified atom stereocenters. The molecule has 1 rings (SSSR count). The van der Waals surface area contributed by atoms with Crippen LogP contribution in [0.2, 0.25) is 0 Å². The molecule has 1 atom stereocenters. The highest BCUT2D eigenvalue weighted by Crippen LogP contribution is 2.27. The van der Waals surface area contributed by atoms with Crippen molar-refractivity contribution in [2.75, 3.05) is 0 Å². The first kappa shape index (κ1) is 15.0. The van der Waals surface area contributed by atoms with Crippen LogP contribution in [0.5, 0.6) is 0 Å². The summed E-state index contributed by atoms with van der Waals surface area (Å²) in [6.45, 7) is 1.92. The summed E-state index contributed by atoms with van der Waals surface area (Å²) in [5.41, 5.74) is 0. The molecule has 18 heavy (non-hydrogen) atoms. The number of nitrogens with one attached hydrogen (secondary N) is 1. The fourth-order valence-corrected chi connectivity index (χ4v) is 2.62. The number of carboxylic acid groups (broad SMARTS) is 1. The van der Waals surface area contributed by atoms with Crippen LogP contribution in [0.4, 0.5) is 0 Å². The molecule has 4 nitrogen and oxygen atoms in total. The van der Waals surface area contributed by atoms with Crippen LogP contribution in [0.25, 0.3) is 0 Å². The number of carboxylic acids is 1. The quantitative estimate of drug-likeness (QED) is 0.735. The monoisotopic (exact) mass is 255 g/mol. The van der Waals surface area contributed by atoms with Crippen LogP contribution in [-0.4, -0.2) is 23.0 Å². The summed E-state index contributed by atoms with van der Waals surface area (Å²) in [6.07, 6.45) is 8.97. The molecular weight excluding hydrogens is 230 g/mol. The van der Waals surface area contributed by atoms with Gasteiger partial charge in [-0.2, -0.15) is 0 Å². The van der Waals surface area contributed by atoms with Crippen LogP contribution < -0.4 is 5.32 Å². The van der Waals surface area contributed by atoms with Gasteiger partial charge in [0.1, 0.15) is 6.04 Å². The van der Waals surface area contributed by atoms with Gasteiger partial charge in [0.15, 0.2) is 0 Å². The van der Waals surface area contributed by atoms with Gasteiger partial charge in [0.25, 0.3) is 0 Å². The molecule has 0 spiro atoms. The van der Waals surface area contributed by atoms with Gasteiger partial charge in [-0.3, -0.25) is 4.79 Å². The van der Waals surface area contributed by atoms with Crippen molar-refractivity contribution in [1.82, 2.24) is 5.32 Å². The highest BCUT2D eigenvalue weighted by Gasteiger charge is 2.20. The Balaban J connectivity index is 2.24. The Bertz CT molecular complexity index is 272. The van der Waals surface area contributed by atoms with E-state index in [0.29, 0.717) is 18.8 Å². The van der Waals surface area contributed by atoms with E-state index in [9.17, 15) is 9.59 Å². The van der Waals surface area contributed by atoms with E-state index < -0.39 is 12.0 Å². The molecule has 0 heterocycles. The Morgan fingerprint density at radius 1 is 1.28 bits per heavy atom. The summed E-state index contributed by atoms with van der Waals surface area (Å²) in [4.78, 5) is 22.6. The van der Waals surface area contributed by atoms with E-state index in [1.807, 2.05) is 6.92 Å². The van der Waals surface area contributed by atoms with E-state index in [1.54, 1.807) is 0 Å². The van der Waals surface area contributed by atoms with Crippen molar-refractivity contribution in [3.63, 3.8) is 0 Å². The van der Waals surface area contributed by atoms with Crippen molar-refractivity contribution in [1.29, 1.82) is 0 Å². The number of aliphatic carboxylic acids is 1. The maximum Gasteiger partial charge on any atom is 0.326 e. The number of hydrogen-bond donors (Lipinski definition) is 2. The van der Waals surface area contributed by atoms with Crippen LogP contribution in [0.3, 0.4) is 0 Å². The van der Waals surface area contributed by atoms with E-state index in [0.717, 1.165) is 12.8 Å². The Hall–Kier alpha value is -1.06. The number of hydrogen-bond acceptors (Lipinski definition) is 2. The summed E-state index contributed by atoms with van der Waals surface area (Å²) < 4.78 is 0. The largest absolute Gasteiger partial charge is 0.480 e. The molecule has 4 heteroatoms. The molecule has 2 N–H and O–H groups in total. The molecule has 0 aromatic rings. The van der Waals surface area contributed by atoms with Crippen LogP contribution in [0, 0.1) is 5.92 Å². The van der Waals surface area contributed by atoms with Crippen molar-refractivity contribution >= 4 is 11.9 Å². The second kappa shape index (κ2) is 8.11. The zero-order valence-electron chi connectivity index (χ0n) is 11.3. The maximum atomic E-state index is 11.7. The minimum Gasteiger partial charge on any atom is -0.480 e. The van der Waals surface area contributed by atoms with Gasteiger partial charge in [-0.25, -0.2) is 4.79 Å². The minimum absolute atomic E-state index is 0.110. The molecule has 0 aliphatic heterocycles. The lowest BCUT2D eigenvalue weighted by Crippen LogP contribution is -2.40. The van der Waals surface area contributed by atoms with Crippen LogP contribution >= 0.6 is 0 Å². The first-order chi connectivity index (χ1) is 8.63. The summed E-state index contributed by atoms with van der Waals surface area (Å²) in [5, 5.41) is 11.6. The molecule has 1 fully saturated rings. The highest BCUT2D eigenvalue weighted by molar-refractivity contribution is 5.83. The van der Waals surface area contributed by atoms with Gasteiger partial charge in [0, 0.05) is 6.42 Å². The highest BCUT2D eigenvalue weighted by atomic mass is 16.4. The van der Waals surface area contributed by atoms with Crippen LogP contribution in [0.1, 0.15) is 64.7 Å². The molecule has 0 aromatic heterocycles. The lowest BCUT2D eigenvalue weighted by Gasteiger charge is -2.21. The zero-order chi connectivity index (χ0) is 13.4. The third kappa shape index (κ3) is 5.52. The molecule has 1 aliphatic carbocycles. The van der Waals surface area contributed by atoms with Crippen molar-refractivity contribution in [3.8, 4) is 0 Å². The van der Waals surface area contributed by atoms with E-state index in [2.05, 4.69) is 5.32 Å². The molecular formula is C14H25NO3. The Morgan fingerprint density at radius 2 is 1.94 bits per heavy atom. The van der Waals surface area contributed by atoms with E-state index in [4.69, 9.17) is 5.11 Å². The Kier molecular flexibility index (Phi) is 6.76. The second-order valence-corrected chi connectivity index (χ2v) is 5.29. The topological polar surface area (TPSA) is 66.4 Å². The molecule has 1 aliphatic rings. The zero-order valence-corrected chi connectivity index (χ0v) is 11.3. The lowest BCUT2D eigenvalue weighted by atomic mass is 9.86. The second-order valence-electron chi connectivity index (χ2n) is 5.29. The molecule has 0 saturated heterocycles. The Labute approximate surface area is 109 Å². The van der Waals surface area contributed by atoms with E-state index >= 15 is 0 Å². The van der Waals surface area contributed by atoms with Crippen LogP contribution in [0.15, 0.2) is 0 Å². The predicted molar refractivity (Wildman–Crippen MR) is 70.3 cm³/mol. The number of rotatable bonds is 7. The fraction of sp³-hybridized carbons (Fsp3) is 0.857. The first-order valence-corrected chi connectivity index (χ1v) is 7.15. The number of carbonyl (C=O) groups excluding carboxylic acids is 1. The first-order valence-electron chi connectivity index (χ1n) is 7.15. The van der Waals surface area contributed by atoms with Gasteiger partial charge in [-0.1, -0.05) is 45.4 Å². The molecule has 104 valence electrons. The average molecular weight is 255 g/mol. The summed E-state index contributed by atoms with van der Waals surface area (Å²) in [6, 6.07) is -0.714. The predicted octanol–water partition coefficient (Wildman–Crippen LogP) is 2.72. The van der Waals surface area contributed by atoms with Crippen molar-refractivity contribution in [3.05, 3.63) is 0 Å². The van der Waals surface area contributed by atoms with E-state index in [-0.39, 0.29) is 5.91 Å². The van der Waals surface area contributed by atoms with Gasteiger partial charge >= 0.3 is 5.97 Å². The summed E-state index contributed by atoms with van der Waals surface area (Å²) in [5.74, 6) is -0.372. The lowest BCUT2D eigenvalue weighted by molar-refractivity contribution is -0.142. The van der Waals surface area contributed by atoms with Crippen molar-refractivity contribution < 1.29 is 14.7 Å². The summed E-state index contributed by atoms with van der Waals surface area (Å²) >= 11 is 0. The normalized spacial score (nSPS) is 18.3. The molecule has 0 aromatic carbocycles. The Morgan fingerprint density at radius 3 is 2.50 bits per heavy atom. The van der Waals surface area contributed by atoms with Gasteiger partial charge in [-0.15, -0.1) is 0 Å². The number of amides is 1. The molecule has 0 bridgehead atoms. The van der Waals surface area contributed by atoms with Gasteiger partial charge in [0.05, 0.1) is 0 Å². The van der Waals surface area contributed by atoms with Gasteiger partial charge in [-0.05, 0) is 18.8 Å². The molecule has 0 radical (unpaired) electrons. The van der Waals surface area contributed by atoms with Gasteiger partial charge < -0.3 is 10.4 Å². The summed E-state index contributed by atoms with van der Waals surface area (Å²) in [7, 11) is 0. The van der Waals surface area contributed by atoms with Crippen LogP contribution in [-0.2, 0) is 9.59 Å². The third-order valence-corrected chi connectivity index (χ3v) is 3.72. The number of carbonyl (C=O) groups is 2. The average Bonchev–Trinajstić information content (AvgIpc) is 2.37. The molecule has 1 amide bonds. The van der Waals surface area contributed by atoms with Crippen molar-refractivity contribution in [2.45, 2.75) is 70.8 Å². The maximum absolute atomic E-state index is 11.7. The van der Waals surface area contributed by atoms with E-state index in [1.165, 1.54) is 32.1 Å². The smallest absolute Gasteiger partial charge is 0.326 e. The standard InChI is InChI=1S/C14H25NO3/c1-2-6-12(14(17)18)15-13(16)10-9-11-7-4-3-5-8-11/h11-12H,2-10H2,1H3,(H,15,16)(H,17,18)/t12-/m1/s1. The molecule has 1 saturated carbocycles. The van der Waals surface area contributed by atoms with Gasteiger partial charge in [0.2, 0.25) is 5.91 Å². The third-order valence-electron chi connectivity index (χ3n) is 3.72. The fourth-order valence-electron chi connectivity index (χ4n) is 2.62. The van der Waals surface area contributed by atoms with Crippen molar-refractivity contribution in [2.24, 2.45) is 5.92 Å². The SMILES string of the molecule is CCC[C@@H](NC(=O)CCC1CCCCC1)C(=O)O.